The van der Waals surface area contributed by atoms with Crippen LogP contribution < -0.4 is 5.32 Å². The highest BCUT2D eigenvalue weighted by Gasteiger charge is 2.19. The molecule has 2 rings (SSSR count). The van der Waals surface area contributed by atoms with E-state index in [9.17, 15) is 0 Å². The van der Waals surface area contributed by atoms with E-state index >= 15 is 0 Å². The zero-order valence-electron chi connectivity index (χ0n) is 7.58. The molecule has 70 valence electrons. The third-order valence-corrected chi connectivity index (χ3v) is 2.16. The highest BCUT2D eigenvalue weighted by atomic mass is 16.5. The number of ether oxygens (including phenoxy) is 1. The van der Waals surface area contributed by atoms with Crippen LogP contribution in [-0.4, -0.2) is 23.9 Å². The molecule has 4 nitrogen and oxygen atoms in total. The summed E-state index contributed by atoms with van der Waals surface area (Å²) in [5, 5.41) is 9.90. The maximum Gasteiger partial charge on any atom is 0.114 e. The molecule has 1 aliphatic rings. The Morgan fingerprint density at radius 3 is 3.15 bits per heavy atom. The summed E-state index contributed by atoms with van der Waals surface area (Å²) in [6.45, 7) is 0.797. The normalized spacial score (nSPS) is 18.1. The third-order valence-electron chi connectivity index (χ3n) is 2.16. The van der Waals surface area contributed by atoms with Crippen LogP contribution in [0.25, 0.3) is 0 Å². The lowest BCUT2D eigenvalue weighted by molar-refractivity contribution is 0.218. The molecule has 0 radical (unpaired) electrons. The van der Waals surface area contributed by atoms with Gasteiger partial charge in [-0.2, -0.15) is 5.10 Å². The first-order chi connectivity index (χ1) is 6.42. The van der Waals surface area contributed by atoms with Crippen molar-refractivity contribution in [1.29, 1.82) is 0 Å². The molecule has 0 aliphatic carbocycles. The molecule has 0 aromatic carbocycles. The van der Waals surface area contributed by atoms with Gasteiger partial charge in [-0.1, -0.05) is 0 Å². The van der Waals surface area contributed by atoms with Gasteiger partial charge in [0.05, 0.1) is 18.8 Å². The molecular formula is C9H13N3O. The maximum atomic E-state index is 5.49. The number of hydrogen-bond acceptors (Lipinski definition) is 3. The van der Waals surface area contributed by atoms with Crippen LogP contribution in [0.3, 0.4) is 0 Å². The molecule has 1 aromatic heterocycles. The van der Waals surface area contributed by atoms with Crippen molar-refractivity contribution < 1.29 is 4.74 Å². The Hall–Kier alpha value is -1.29. The van der Waals surface area contributed by atoms with Crippen molar-refractivity contribution in [3.8, 4) is 0 Å². The Labute approximate surface area is 77.0 Å². The van der Waals surface area contributed by atoms with Crippen molar-refractivity contribution in [2.45, 2.75) is 12.5 Å². The summed E-state index contributed by atoms with van der Waals surface area (Å²) < 4.78 is 5.49. The second kappa shape index (κ2) is 3.62. The minimum absolute atomic E-state index is 0.140. The molecule has 0 fully saturated rings. The zero-order valence-corrected chi connectivity index (χ0v) is 7.58. The molecule has 1 aliphatic heterocycles. The van der Waals surface area contributed by atoms with E-state index in [0.29, 0.717) is 0 Å². The van der Waals surface area contributed by atoms with Crippen molar-refractivity contribution in [3.05, 3.63) is 29.8 Å². The first-order valence-corrected chi connectivity index (χ1v) is 4.40. The summed E-state index contributed by atoms with van der Waals surface area (Å²) in [5.41, 5.74) is 1.11. The van der Waals surface area contributed by atoms with Gasteiger partial charge in [0.15, 0.2) is 0 Å². The van der Waals surface area contributed by atoms with Crippen LogP contribution in [0.5, 0.6) is 0 Å². The van der Waals surface area contributed by atoms with Crippen LogP contribution >= 0.6 is 0 Å². The quantitative estimate of drug-likeness (QED) is 0.727. The van der Waals surface area contributed by atoms with E-state index < -0.39 is 0 Å². The van der Waals surface area contributed by atoms with E-state index in [1.54, 1.807) is 0 Å². The van der Waals surface area contributed by atoms with E-state index in [0.717, 1.165) is 24.4 Å². The highest BCUT2D eigenvalue weighted by Crippen LogP contribution is 2.24. The van der Waals surface area contributed by atoms with Gasteiger partial charge in [-0.25, -0.2) is 0 Å². The van der Waals surface area contributed by atoms with Gasteiger partial charge in [0.1, 0.15) is 5.76 Å². The number of rotatable bonds is 3. The van der Waals surface area contributed by atoms with Gasteiger partial charge in [-0.15, -0.1) is 0 Å². The average molecular weight is 179 g/mol. The fourth-order valence-electron chi connectivity index (χ4n) is 1.53. The van der Waals surface area contributed by atoms with Gasteiger partial charge in [-0.05, 0) is 13.1 Å². The Morgan fingerprint density at radius 2 is 2.62 bits per heavy atom. The van der Waals surface area contributed by atoms with Crippen molar-refractivity contribution in [3.63, 3.8) is 0 Å². The number of hydrogen-bond donors (Lipinski definition) is 2. The second-order valence-corrected chi connectivity index (χ2v) is 3.00. The number of nitrogens with zero attached hydrogens (tertiary/aromatic N) is 1. The van der Waals surface area contributed by atoms with E-state index in [-0.39, 0.29) is 6.04 Å². The summed E-state index contributed by atoms with van der Waals surface area (Å²) in [7, 11) is 1.92. The second-order valence-electron chi connectivity index (χ2n) is 3.00. The minimum atomic E-state index is 0.140. The summed E-state index contributed by atoms with van der Waals surface area (Å²) >= 11 is 0. The fourth-order valence-corrected chi connectivity index (χ4v) is 1.53. The van der Waals surface area contributed by atoms with Crippen molar-refractivity contribution in [2.75, 3.05) is 13.7 Å². The zero-order chi connectivity index (χ0) is 9.10. The van der Waals surface area contributed by atoms with Crippen LogP contribution in [0.15, 0.2) is 24.2 Å². The van der Waals surface area contributed by atoms with Gasteiger partial charge in [0.25, 0.3) is 0 Å². The summed E-state index contributed by atoms with van der Waals surface area (Å²) in [5.74, 6) is 1.00. The Kier molecular flexibility index (Phi) is 2.31. The molecule has 2 N–H and O–H groups in total. The fraction of sp³-hybridized carbons (Fsp3) is 0.444. The first kappa shape index (κ1) is 8.31. The van der Waals surface area contributed by atoms with Gasteiger partial charge in [0.2, 0.25) is 0 Å². The number of H-pyrrole nitrogens is 1. The van der Waals surface area contributed by atoms with Gasteiger partial charge < -0.3 is 10.1 Å². The monoisotopic (exact) mass is 179 g/mol. The Bertz CT molecular complexity index is 292. The van der Waals surface area contributed by atoms with Crippen molar-refractivity contribution in [2.24, 2.45) is 0 Å². The largest absolute Gasteiger partial charge is 0.496 e. The molecule has 1 unspecified atom stereocenters. The lowest BCUT2D eigenvalue weighted by Gasteiger charge is -2.15. The molecule has 1 atom stereocenters. The lowest BCUT2D eigenvalue weighted by Crippen LogP contribution is -2.18. The molecule has 2 heterocycles. The smallest absolute Gasteiger partial charge is 0.114 e. The molecule has 4 heteroatoms. The summed E-state index contributed by atoms with van der Waals surface area (Å²) in [6, 6.07) is 0.140. The van der Waals surface area contributed by atoms with Crippen LogP contribution in [0.1, 0.15) is 18.0 Å². The van der Waals surface area contributed by atoms with Gasteiger partial charge in [-0.3, -0.25) is 5.10 Å². The highest BCUT2D eigenvalue weighted by molar-refractivity contribution is 5.21. The van der Waals surface area contributed by atoms with Crippen LogP contribution in [-0.2, 0) is 4.74 Å². The van der Waals surface area contributed by atoms with Crippen LogP contribution in [0, 0.1) is 0 Å². The third kappa shape index (κ3) is 1.58. The molecule has 0 saturated heterocycles. The lowest BCUT2D eigenvalue weighted by atomic mass is 10.1. The van der Waals surface area contributed by atoms with Crippen molar-refractivity contribution in [1.82, 2.24) is 15.5 Å². The van der Waals surface area contributed by atoms with E-state index in [4.69, 9.17) is 4.74 Å². The SMILES string of the molecule is CNC(C1=CCCO1)c1cn[nH]c1. The van der Waals surface area contributed by atoms with Crippen LogP contribution in [0.4, 0.5) is 0 Å². The molecule has 13 heavy (non-hydrogen) atoms. The molecular weight excluding hydrogens is 166 g/mol. The predicted octanol–water partition coefficient (Wildman–Crippen LogP) is 0.974. The number of likely N-dealkylation sites (N-methyl/N-ethyl adjacent to an activating group) is 1. The van der Waals surface area contributed by atoms with Crippen molar-refractivity contribution >= 4 is 0 Å². The minimum Gasteiger partial charge on any atom is -0.496 e. The number of nitrogens with one attached hydrogen (secondary N) is 2. The Balaban J connectivity index is 2.18. The molecule has 0 amide bonds. The molecule has 0 saturated carbocycles. The molecule has 1 aromatic rings. The predicted molar refractivity (Wildman–Crippen MR) is 49.0 cm³/mol. The summed E-state index contributed by atoms with van der Waals surface area (Å²) in [6.07, 6.45) is 6.81. The average Bonchev–Trinajstić information content (AvgIpc) is 2.76. The van der Waals surface area contributed by atoms with Gasteiger partial charge in [0, 0.05) is 18.2 Å². The van der Waals surface area contributed by atoms with E-state index in [1.807, 2.05) is 19.4 Å². The standard InChI is InChI=1S/C9H13N3O/c1-10-9(7-5-11-12-6-7)8-3-2-4-13-8/h3,5-6,9-10H,2,4H2,1H3,(H,11,12). The first-order valence-electron chi connectivity index (χ1n) is 4.40. The molecule has 0 spiro atoms. The van der Waals surface area contributed by atoms with E-state index in [1.165, 1.54) is 0 Å². The Morgan fingerprint density at radius 1 is 1.69 bits per heavy atom. The number of aromatic amines is 1. The topological polar surface area (TPSA) is 49.9 Å². The maximum absolute atomic E-state index is 5.49. The van der Waals surface area contributed by atoms with Gasteiger partial charge >= 0.3 is 0 Å². The summed E-state index contributed by atoms with van der Waals surface area (Å²) in [4.78, 5) is 0. The van der Waals surface area contributed by atoms with E-state index in [2.05, 4.69) is 21.6 Å². The number of aromatic nitrogens is 2. The van der Waals surface area contributed by atoms with Crippen LogP contribution in [0.2, 0.25) is 0 Å². The molecule has 0 bridgehead atoms.